The number of benzene rings is 1. The third kappa shape index (κ3) is 1.75. The van der Waals surface area contributed by atoms with Gasteiger partial charge in [-0.1, -0.05) is 30.3 Å². The summed E-state index contributed by atoms with van der Waals surface area (Å²) >= 11 is 3.52. The van der Waals surface area contributed by atoms with Crippen molar-refractivity contribution < 1.29 is 4.57 Å². The SMILES string of the molecule is c1ccc2c(c1)[C@H]1c3cccc[n+]3[C@@H]2CC1(c1nccs1)c1nccs1. The van der Waals surface area contributed by atoms with Gasteiger partial charge in [-0.05, 0) is 5.56 Å². The van der Waals surface area contributed by atoms with Gasteiger partial charge in [0.15, 0.2) is 17.9 Å². The maximum absolute atomic E-state index is 4.81. The van der Waals surface area contributed by atoms with Crippen LogP contribution in [0.25, 0.3) is 0 Å². The number of pyridine rings is 1. The molecule has 0 unspecified atom stereocenters. The summed E-state index contributed by atoms with van der Waals surface area (Å²) in [6.45, 7) is 0. The Hall–Kier alpha value is -2.37. The lowest BCUT2D eigenvalue weighted by Gasteiger charge is -2.47. The van der Waals surface area contributed by atoms with Gasteiger partial charge in [-0.25, -0.2) is 9.97 Å². The number of rotatable bonds is 2. The molecule has 126 valence electrons. The van der Waals surface area contributed by atoms with Crippen LogP contribution >= 0.6 is 22.7 Å². The fourth-order valence-corrected chi connectivity index (χ4v) is 6.76. The molecule has 26 heavy (non-hydrogen) atoms. The lowest BCUT2D eigenvalue weighted by Crippen LogP contribution is -2.60. The zero-order valence-electron chi connectivity index (χ0n) is 13.9. The van der Waals surface area contributed by atoms with E-state index in [1.807, 2.05) is 12.4 Å². The summed E-state index contributed by atoms with van der Waals surface area (Å²) < 4.78 is 2.46. The zero-order valence-corrected chi connectivity index (χ0v) is 15.6. The third-order valence-corrected chi connectivity index (χ3v) is 7.76. The maximum Gasteiger partial charge on any atom is 0.190 e. The molecule has 0 radical (unpaired) electrons. The summed E-state index contributed by atoms with van der Waals surface area (Å²) in [5.74, 6) is 0.238. The van der Waals surface area contributed by atoms with Gasteiger partial charge in [0.05, 0.1) is 11.3 Å². The second kappa shape index (κ2) is 5.32. The van der Waals surface area contributed by atoms with Gasteiger partial charge in [0.2, 0.25) is 0 Å². The average molecular weight is 375 g/mol. The molecular formula is C21H16N3S2+. The van der Waals surface area contributed by atoms with Gasteiger partial charge in [0.1, 0.15) is 10.0 Å². The maximum atomic E-state index is 4.81. The molecule has 2 atom stereocenters. The largest absolute Gasteiger partial charge is 0.249 e. The Labute approximate surface area is 159 Å². The standard InChI is InChI=1S/C21H16N3S2/c1-2-6-15-14(5-1)17-13-21(19-22-8-11-25-19,20-23-9-12-26-20)18(15)16-7-3-4-10-24(16)17/h1-12,17-18H,13H2/q+1/t17-,18+/m1/s1. The van der Waals surface area contributed by atoms with Crippen molar-refractivity contribution in [2.75, 3.05) is 0 Å². The van der Waals surface area contributed by atoms with E-state index in [4.69, 9.17) is 9.97 Å². The van der Waals surface area contributed by atoms with Crippen molar-refractivity contribution in [3.63, 3.8) is 0 Å². The second-order valence-electron chi connectivity index (χ2n) is 6.96. The van der Waals surface area contributed by atoms with Crippen molar-refractivity contribution in [2.24, 2.45) is 0 Å². The Morgan fingerprint density at radius 3 is 2.27 bits per heavy atom. The van der Waals surface area contributed by atoms with Crippen molar-refractivity contribution in [3.8, 4) is 0 Å². The van der Waals surface area contributed by atoms with Crippen molar-refractivity contribution >= 4 is 22.7 Å². The molecule has 3 nitrogen and oxygen atoms in total. The normalized spacial score (nSPS) is 22.0. The van der Waals surface area contributed by atoms with E-state index in [0.29, 0.717) is 6.04 Å². The molecular weight excluding hydrogens is 358 g/mol. The van der Waals surface area contributed by atoms with E-state index < -0.39 is 0 Å². The molecule has 2 aliphatic heterocycles. The predicted octanol–water partition coefficient (Wildman–Crippen LogP) is 4.31. The van der Waals surface area contributed by atoms with Gasteiger partial charge in [0, 0.05) is 47.3 Å². The Bertz CT molecular complexity index is 1000. The number of fused-ring (bicyclic) bond motifs is 1. The molecule has 1 aliphatic carbocycles. The van der Waals surface area contributed by atoms with Crippen LogP contribution in [-0.2, 0) is 5.41 Å². The molecule has 0 spiro atoms. The lowest BCUT2D eigenvalue weighted by atomic mass is 9.59. The third-order valence-electron chi connectivity index (χ3n) is 5.86. The number of thiazole rings is 2. The number of aromatic nitrogens is 3. The van der Waals surface area contributed by atoms with Crippen LogP contribution in [0.15, 0.2) is 71.8 Å². The molecule has 0 fully saturated rings. The van der Waals surface area contributed by atoms with Crippen molar-refractivity contribution in [1.82, 2.24) is 9.97 Å². The molecule has 0 N–H and O–H groups in total. The minimum absolute atomic E-state index is 0.178. The lowest BCUT2D eigenvalue weighted by molar-refractivity contribution is -0.732. The van der Waals surface area contributed by atoms with Crippen molar-refractivity contribution in [3.05, 3.63) is 98.7 Å². The molecule has 2 bridgehead atoms. The van der Waals surface area contributed by atoms with Crippen LogP contribution < -0.4 is 4.57 Å². The van der Waals surface area contributed by atoms with Crippen molar-refractivity contribution in [1.29, 1.82) is 0 Å². The zero-order chi connectivity index (χ0) is 17.1. The number of hydrogen-bond acceptors (Lipinski definition) is 4. The highest BCUT2D eigenvalue weighted by atomic mass is 32.1. The Kier molecular flexibility index (Phi) is 3.02. The van der Waals surface area contributed by atoms with Gasteiger partial charge in [0.25, 0.3) is 0 Å². The summed E-state index contributed by atoms with van der Waals surface area (Å²) in [6.07, 6.45) is 7.11. The van der Waals surface area contributed by atoms with Crippen LogP contribution in [0.1, 0.15) is 45.2 Å². The Morgan fingerprint density at radius 2 is 1.58 bits per heavy atom. The molecule has 7 rings (SSSR count). The fourth-order valence-electron chi connectivity index (χ4n) is 4.93. The molecule has 1 aromatic carbocycles. The van der Waals surface area contributed by atoms with Crippen LogP contribution in [0.5, 0.6) is 0 Å². The predicted molar refractivity (Wildman–Crippen MR) is 103 cm³/mol. The van der Waals surface area contributed by atoms with E-state index in [0.717, 1.165) is 6.42 Å². The molecule has 0 amide bonds. The average Bonchev–Trinajstić information content (AvgIpc) is 3.42. The number of hydrogen-bond donors (Lipinski definition) is 0. The molecule has 3 aromatic heterocycles. The van der Waals surface area contributed by atoms with E-state index in [9.17, 15) is 0 Å². The van der Waals surface area contributed by atoms with E-state index in [2.05, 4.69) is 64.0 Å². The van der Waals surface area contributed by atoms with Crippen LogP contribution in [0.2, 0.25) is 0 Å². The van der Waals surface area contributed by atoms with E-state index in [-0.39, 0.29) is 11.3 Å². The molecule has 5 heteroatoms. The highest BCUT2D eigenvalue weighted by molar-refractivity contribution is 7.11. The van der Waals surface area contributed by atoms with Gasteiger partial charge < -0.3 is 0 Å². The van der Waals surface area contributed by atoms with Crippen LogP contribution in [0.3, 0.4) is 0 Å². The summed E-state index contributed by atoms with van der Waals surface area (Å²) in [5, 5.41) is 6.56. The highest BCUT2D eigenvalue weighted by Gasteiger charge is 2.61. The Morgan fingerprint density at radius 1 is 0.885 bits per heavy atom. The molecule has 4 aromatic rings. The molecule has 0 saturated heterocycles. The fraction of sp³-hybridized carbons (Fsp3) is 0.190. The second-order valence-corrected chi connectivity index (χ2v) is 8.75. The van der Waals surface area contributed by atoms with Gasteiger partial charge in [-0.2, -0.15) is 4.57 Å². The first kappa shape index (κ1) is 14.8. The topological polar surface area (TPSA) is 29.7 Å². The van der Waals surface area contributed by atoms with Gasteiger partial charge >= 0.3 is 0 Å². The molecule has 5 heterocycles. The first-order chi connectivity index (χ1) is 12.9. The smallest absolute Gasteiger partial charge is 0.190 e. The van der Waals surface area contributed by atoms with Crippen molar-refractivity contribution in [2.45, 2.75) is 23.8 Å². The summed E-state index contributed by atoms with van der Waals surface area (Å²) in [6, 6.07) is 15.8. The van der Waals surface area contributed by atoms with Crippen LogP contribution in [0.4, 0.5) is 0 Å². The quantitative estimate of drug-likeness (QED) is 0.489. The van der Waals surface area contributed by atoms with Gasteiger partial charge in [-0.15, -0.1) is 22.7 Å². The first-order valence-electron chi connectivity index (χ1n) is 8.78. The summed E-state index contributed by atoms with van der Waals surface area (Å²) in [4.78, 5) is 9.62. The molecule has 0 saturated carbocycles. The van der Waals surface area contributed by atoms with Crippen LogP contribution in [-0.4, -0.2) is 9.97 Å². The van der Waals surface area contributed by atoms with E-state index in [1.54, 1.807) is 22.7 Å². The number of nitrogens with zero attached hydrogens (tertiary/aromatic N) is 3. The summed E-state index contributed by atoms with van der Waals surface area (Å²) in [7, 11) is 0. The highest BCUT2D eigenvalue weighted by Crippen LogP contribution is 2.59. The molecule has 3 aliphatic rings. The minimum atomic E-state index is -0.178. The first-order valence-corrected chi connectivity index (χ1v) is 10.5. The minimum Gasteiger partial charge on any atom is -0.249 e. The van der Waals surface area contributed by atoms with Crippen LogP contribution in [0, 0.1) is 0 Å². The monoisotopic (exact) mass is 374 g/mol. The van der Waals surface area contributed by atoms with Gasteiger partial charge in [-0.3, -0.25) is 0 Å². The van der Waals surface area contributed by atoms with E-state index in [1.165, 1.54) is 26.8 Å². The Balaban J connectivity index is 1.73. The van der Waals surface area contributed by atoms with E-state index >= 15 is 0 Å². The summed E-state index contributed by atoms with van der Waals surface area (Å²) in [5.41, 5.74) is 4.07.